The summed E-state index contributed by atoms with van der Waals surface area (Å²) in [4.78, 5) is 0. The van der Waals surface area contributed by atoms with Crippen LogP contribution in [0, 0.1) is 30.6 Å². The van der Waals surface area contributed by atoms with E-state index in [9.17, 15) is 5.26 Å². The highest BCUT2D eigenvalue weighted by atomic mass is 16.5. The zero-order valence-corrected chi connectivity index (χ0v) is 10.8. The van der Waals surface area contributed by atoms with E-state index in [1.807, 2.05) is 0 Å². The molecule has 1 aliphatic rings. The van der Waals surface area contributed by atoms with Crippen LogP contribution in [-0.2, 0) is 6.42 Å². The number of hydrogen-bond donors (Lipinski definition) is 0. The van der Waals surface area contributed by atoms with Crippen LogP contribution in [0.5, 0.6) is 5.75 Å². The SMILES string of the molecule is COc1cc(C)c(CC2(C#N)CCC2)cc1C. The lowest BCUT2D eigenvalue weighted by atomic mass is 9.66. The molecule has 1 aliphatic carbocycles. The maximum Gasteiger partial charge on any atom is 0.122 e. The molecule has 1 aromatic carbocycles. The van der Waals surface area contributed by atoms with Gasteiger partial charge in [-0.25, -0.2) is 0 Å². The summed E-state index contributed by atoms with van der Waals surface area (Å²) in [5.74, 6) is 0.936. The fraction of sp³-hybridized carbons (Fsp3) is 0.533. The maximum atomic E-state index is 9.28. The molecule has 0 spiro atoms. The van der Waals surface area contributed by atoms with E-state index < -0.39 is 0 Å². The molecule has 1 aromatic rings. The molecule has 0 N–H and O–H groups in total. The first-order valence-corrected chi connectivity index (χ1v) is 6.15. The van der Waals surface area contributed by atoms with E-state index in [1.54, 1.807) is 7.11 Å². The van der Waals surface area contributed by atoms with Crippen LogP contribution < -0.4 is 4.74 Å². The van der Waals surface area contributed by atoms with Crippen LogP contribution in [0.3, 0.4) is 0 Å². The van der Waals surface area contributed by atoms with E-state index in [2.05, 4.69) is 32.0 Å². The Balaban J connectivity index is 2.28. The molecule has 0 unspecified atom stereocenters. The molecule has 0 heterocycles. The summed E-state index contributed by atoms with van der Waals surface area (Å²) in [7, 11) is 1.70. The third kappa shape index (κ3) is 2.15. The van der Waals surface area contributed by atoms with Gasteiger partial charge in [0.2, 0.25) is 0 Å². The quantitative estimate of drug-likeness (QED) is 0.794. The van der Waals surface area contributed by atoms with Crippen molar-refractivity contribution in [1.29, 1.82) is 5.26 Å². The van der Waals surface area contributed by atoms with Crippen LogP contribution in [0.2, 0.25) is 0 Å². The lowest BCUT2D eigenvalue weighted by Crippen LogP contribution is -2.30. The number of nitrogens with zero attached hydrogens (tertiary/aromatic N) is 1. The van der Waals surface area contributed by atoms with Crippen LogP contribution >= 0.6 is 0 Å². The lowest BCUT2D eigenvalue weighted by Gasteiger charge is -2.35. The summed E-state index contributed by atoms with van der Waals surface area (Å²) in [6.45, 7) is 4.16. The first kappa shape index (κ1) is 12.0. The van der Waals surface area contributed by atoms with Gasteiger partial charge in [0.05, 0.1) is 18.6 Å². The fourth-order valence-electron chi connectivity index (χ4n) is 2.56. The molecule has 2 rings (SSSR count). The molecule has 1 saturated carbocycles. The summed E-state index contributed by atoms with van der Waals surface area (Å²) in [5.41, 5.74) is 3.59. The number of methoxy groups -OCH3 is 1. The molecule has 17 heavy (non-hydrogen) atoms. The van der Waals surface area contributed by atoms with Gasteiger partial charge in [0.15, 0.2) is 0 Å². The minimum absolute atomic E-state index is 0.0915. The first-order chi connectivity index (χ1) is 8.10. The molecule has 0 atom stereocenters. The first-order valence-electron chi connectivity index (χ1n) is 6.15. The van der Waals surface area contributed by atoms with Crippen molar-refractivity contribution < 1.29 is 4.74 Å². The Morgan fingerprint density at radius 2 is 2.00 bits per heavy atom. The number of hydrogen-bond acceptors (Lipinski definition) is 2. The standard InChI is InChI=1S/C15H19NO/c1-11-8-14(17-3)12(2)7-13(11)9-15(10-16)5-4-6-15/h7-8H,4-6,9H2,1-3H3. The smallest absolute Gasteiger partial charge is 0.122 e. The molecule has 0 aliphatic heterocycles. The molecular weight excluding hydrogens is 210 g/mol. The van der Waals surface area contributed by atoms with Gasteiger partial charge in [-0.1, -0.05) is 12.5 Å². The number of nitriles is 1. The van der Waals surface area contributed by atoms with E-state index in [4.69, 9.17) is 4.74 Å². The zero-order chi connectivity index (χ0) is 12.5. The highest BCUT2D eigenvalue weighted by Gasteiger charge is 2.37. The monoisotopic (exact) mass is 229 g/mol. The van der Waals surface area contributed by atoms with Crippen LogP contribution in [0.15, 0.2) is 12.1 Å². The Morgan fingerprint density at radius 3 is 2.47 bits per heavy atom. The second-order valence-electron chi connectivity index (χ2n) is 5.17. The largest absolute Gasteiger partial charge is 0.496 e. The van der Waals surface area contributed by atoms with E-state index in [1.165, 1.54) is 17.5 Å². The van der Waals surface area contributed by atoms with Crippen molar-refractivity contribution in [3.8, 4) is 11.8 Å². The molecule has 2 nitrogen and oxygen atoms in total. The topological polar surface area (TPSA) is 33.0 Å². The van der Waals surface area contributed by atoms with E-state index in [0.717, 1.165) is 30.6 Å². The van der Waals surface area contributed by atoms with Gasteiger partial charge < -0.3 is 4.74 Å². The summed E-state index contributed by atoms with van der Waals surface area (Å²) in [6.07, 6.45) is 4.18. The molecule has 0 aromatic heterocycles. The molecule has 1 fully saturated rings. The van der Waals surface area contributed by atoms with Crippen molar-refractivity contribution in [2.24, 2.45) is 5.41 Å². The van der Waals surface area contributed by atoms with Crippen LogP contribution in [0.1, 0.15) is 36.0 Å². The molecule has 0 amide bonds. The second kappa shape index (κ2) is 4.41. The van der Waals surface area contributed by atoms with Crippen molar-refractivity contribution in [2.75, 3.05) is 7.11 Å². The average Bonchev–Trinajstić information content (AvgIpc) is 2.27. The van der Waals surface area contributed by atoms with Crippen LogP contribution in [-0.4, -0.2) is 7.11 Å². The number of ether oxygens (including phenoxy) is 1. The molecule has 0 radical (unpaired) electrons. The minimum Gasteiger partial charge on any atom is -0.496 e. The highest BCUT2D eigenvalue weighted by molar-refractivity contribution is 5.42. The molecule has 90 valence electrons. The number of benzene rings is 1. The Hall–Kier alpha value is -1.49. The molecule has 0 saturated heterocycles. The van der Waals surface area contributed by atoms with Crippen molar-refractivity contribution in [3.63, 3.8) is 0 Å². The van der Waals surface area contributed by atoms with E-state index >= 15 is 0 Å². The third-order valence-corrected chi connectivity index (χ3v) is 3.93. The average molecular weight is 229 g/mol. The Kier molecular flexibility index (Phi) is 3.11. The predicted molar refractivity (Wildman–Crippen MR) is 68.1 cm³/mol. The summed E-state index contributed by atoms with van der Waals surface area (Å²) in [6, 6.07) is 6.76. The summed E-state index contributed by atoms with van der Waals surface area (Å²) < 4.78 is 5.31. The van der Waals surface area contributed by atoms with E-state index in [-0.39, 0.29) is 5.41 Å². The zero-order valence-electron chi connectivity index (χ0n) is 10.8. The van der Waals surface area contributed by atoms with Crippen molar-refractivity contribution in [2.45, 2.75) is 39.5 Å². The maximum absolute atomic E-state index is 9.28. The van der Waals surface area contributed by atoms with Gasteiger partial charge in [0, 0.05) is 0 Å². The highest BCUT2D eigenvalue weighted by Crippen LogP contribution is 2.43. The van der Waals surface area contributed by atoms with Crippen molar-refractivity contribution in [1.82, 2.24) is 0 Å². The molecule has 0 bridgehead atoms. The van der Waals surface area contributed by atoms with Gasteiger partial charge in [-0.3, -0.25) is 0 Å². The number of aryl methyl sites for hydroxylation is 2. The molecular formula is C15H19NO. The second-order valence-corrected chi connectivity index (χ2v) is 5.17. The Labute approximate surface area is 103 Å². The fourth-order valence-corrected chi connectivity index (χ4v) is 2.56. The summed E-state index contributed by atoms with van der Waals surface area (Å²) in [5, 5.41) is 9.28. The van der Waals surface area contributed by atoms with E-state index in [0.29, 0.717) is 0 Å². The normalized spacial score (nSPS) is 17.1. The van der Waals surface area contributed by atoms with Gasteiger partial charge in [-0.2, -0.15) is 5.26 Å². The Bertz CT molecular complexity index is 467. The van der Waals surface area contributed by atoms with Gasteiger partial charge in [-0.05, 0) is 55.9 Å². The van der Waals surface area contributed by atoms with Gasteiger partial charge in [-0.15, -0.1) is 0 Å². The molecule has 2 heteroatoms. The van der Waals surface area contributed by atoms with Crippen LogP contribution in [0.25, 0.3) is 0 Å². The summed E-state index contributed by atoms with van der Waals surface area (Å²) >= 11 is 0. The Morgan fingerprint density at radius 1 is 1.29 bits per heavy atom. The van der Waals surface area contributed by atoms with Crippen molar-refractivity contribution >= 4 is 0 Å². The van der Waals surface area contributed by atoms with Crippen LogP contribution in [0.4, 0.5) is 0 Å². The minimum atomic E-state index is -0.0915. The predicted octanol–water partition coefficient (Wildman–Crippen LogP) is 3.55. The third-order valence-electron chi connectivity index (χ3n) is 3.93. The van der Waals surface area contributed by atoms with Gasteiger partial charge >= 0.3 is 0 Å². The lowest BCUT2D eigenvalue weighted by molar-refractivity contribution is 0.213. The van der Waals surface area contributed by atoms with Gasteiger partial charge in [0.25, 0.3) is 0 Å². The van der Waals surface area contributed by atoms with Crippen molar-refractivity contribution in [3.05, 3.63) is 28.8 Å². The number of rotatable bonds is 3. The van der Waals surface area contributed by atoms with Gasteiger partial charge in [0.1, 0.15) is 5.75 Å².